The standard InChI is InChI=1S/C21H23FN4/c1-17(18-7-3-2-4-8-18)24-13-15-25(16-14-24)21-23-11-12-26(21)20-10-6-5-9-19(20)22/h2-12,17H,13-16H2,1H3. The zero-order valence-corrected chi connectivity index (χ0v) is 14.9. The number of imidazole rings is 1. The summed E-state index contributed by atoms with van der Waals surface area (Å²) >= 11 is 0. The second-order valence-corrected chi connectivity index (χ2v) is 6.66. The number of piperazine rings is 1. The molecule has 0 bridgehead atoms. The van der Waals surface area contributed by atoms with Gasteiger partial charge in [-0.05, 0) is 24.6 Å². The zero-order chi connectivity index (χ0) is 17.9. The Hall–Kier alpha value is -2.66. The largest absolute Gasteiger partial charge is 0.339 e. The molecule has 4 nitrogen and oxygen atoms in total. The molecule has 1 unspecified atom stereocenters. The summed E-state index contributed by atoms with van der Waals surface area (Å²) in [5.74, 6) is 0.574. The van der Waals surface area contributed by atoms with Gasteiger partial charge in [0.05, 0.1) is 5.69 Å². The van der Waals surface area contributed by atoms with E-state index in [-0.39, 0.29) is 5.82 Å². The number of benzene rings is 2. The molecule has 4 rings (SSSR count). The van der Waals surface area contributed by atoms with Crippen LogP contribution in [0.4, 0.5) is 10.3 Å². The van der Waals surface area contributed by atoms with Gasteiger partial charge < -0.3 is 4.90 Å². The maximum Gasteiger partial charge on any atom is 0.210 e. The Bertz CT molecular complexity index is 853. The third kappa shape index (κ3) is 3.22. The molecule has 0 amide bonds. The van der Waals surface area contributed by atoms with Crippen molar-refractivity contribution in [3.63, 3.8) is 0 Å². The summed E-state index contributed by atoms with van der Waals surface area (Å²) in [5.41, 5.74) is 1.88. The number of rotatable bonds is 4. The Balaban J connectivity index is 1.48. The zero-order valence-electron chi connectivity index (χ0n) is 14.9. The Labute approximate surface area is 153 Å². The summed E-state index contributed by atoms with van der Waals surface area (Å²) in [4.78, 5) is 9.21. The average Bonchev–Trinajstić information content (AvgIpc) is 3.18. The lowest BCUT2D eigenvalue weighted by Gasteiger charge is -2.38. The molecule has 134 valence electrons. The second kappa shape index (κ2) is 7.30. The van der Waals surface area contributed by atoms with E-state index >= 15 is 0 Å². The number of hydrogen-bond acceptors (Lipinski definition) is 3. The quantitative estimate of drug-likeness (QED) is 0.713. The summed E-state index contributed by atoms with van der Waals surface area (Å²) in [6.45, 7) is 5.93. The van der Waals surface area contributed by atoms with E-state index in [0.29, 0.717) is 11.7 Å². The fraction of sp³-hybridized carbons (Fsp3) is 0.286. The highest BCUT2D eigenvalue weighted by atomic mass is 19.1. The van der Waals surface area contributed by atoms with Gasteiger partial charge in [0.1, 0.15) is 5.82 Å². The normalized spacial score (nSPS) is 16.6. The van der Waals surface area contributed by atoms with Crippen LogP contribution in [0.5, 0.6) is 0 Å². The van der Waals surface area contributed by atoms with Gasteiger partial charge in [-0.15, -0.1) is 0 Å². The first-order chi connectivity index (χ1) is 12.7. The summed E-state index contributed by atoms with van der Waals surface area (Å²) in [7, 11) is 0. The molecule has 1 aliphatic heterocycles. The van der Waals surface area contributed by atoms with Crippen LogP contribution in [0.3, 0.4) is 0 Å². The molecule has 1 atom stereocenters. The van der Waals surface area contributed by atoms with Crippen molar-refractivity contribution in [2.75, 3.05) is 31.1 Å². The molecule has 1 fully saturated rings. The van der Waals surface area contributed by atoms with Crippen molar-refractivity contribution < 1.29 is 4.39 Å². The molecular weight excluding hydrogens is 327 g/mol. The molecule has 1 aliphatic rings. The molecule has 5 heteroatoms. The van der Waals surface area contributed by atoms with E-state index in [4.69, 9.17) is 0 Å². The van der Waals surface area contributed by atoms with Gasteiger partial charge in [-0.25, -0.2) is 9.37 Å². The van der Waals surface area contributed by atoms with Crippen molar-refractivity contribution in [3.8, 4) is 5.69 Å². The van der Waals surface area contributed by atoms with Gasteiger partial charge in [-0.3, -0.25) is 9.47 Å². The minimum atomic E-state index is -0.233. The Kier molecular flexibility index (Phi) is 4.71. The van der Waals surface area contributed by atoms with Gasteiger partial charge in [0.15, 0.2) is 0 Å². The first-order valence-corrected chi connectivity index (χ1v) is 9.06. The van der Waals surface area contributed by atoms with Crippen molar-refractivity contribution in [3.05, 3.63) is 78.4 Å². The molecule has 26 heavy (non-hydrogen) atoms. The highest BCUT2D eigenvalue weighted by Crippen LogP contribution is 2.25. The summed E-state index contributed by atoms with van der Waals surface area (Å²) in [6.07, 6.45) is 3.56. The fourth-order valence-electron chi connectivity index (χ4n) is 3.62. The molecule has 0 spiro atoms. The highest BCUT2D eigenvalue weighted by Gasteiger charge is 2.24. The lowest BCUT2D eigenvalue weighted by Crippen LogP contribution is -2.48. The van der Waals surface area contributed by atoms with Gasteiger partial charge in [-0.2, -0.15) is 0 Å². The predicted octanol–water partition coefficient (Wildman–Crippen LogP) is 3.89. The molecule has 2 heterocycles. The minimum Gasteiger partial charge on any atom is -0.339 e. The topological polar surface area (TPSA) is 24.3 Å². The lowest BCUT2D eigenvalue weighted by molar-refractivity contribution is 0.197. The van der Waals surface area contributed by atoms with Crippen LogP contribution in [0.25, 0.3) is 5.69 Å². The highest BCUT2D eigenvalue weighted by molar-refractivity contribution is 5.44. The maximum atomic E-state index is 14.2. The molecular formula is C21H23FN4. The van der Waals surface area contributed by atoms with Crippen molar-refractivity contribution in [2.24, 2.45) is 0 Å². The molecule has 0 aliphatic carbocycles. The molecule has 2 aromatic carbocycles. The third-order valence-electron chi connectivity index (χ3n) is 5.16. The number of halogens is 1. The van der Waals surface area contributed by atoms with Crippen LogP contribution in [0.1, 0.15) is 18.5 Å². The number of nitrogens with zero attached hydrogens (tertiary/aromatic N) is 4. The third-order valence-corrected chi connectivity index (χ3v) is 5.16. The van der Waals surface area contributed by atoms with E-state index in [1.807, 2.05) is 16.8 Å². The van der Waals surface area contributed by atoms with Gasteiger partial charge in [0, 0.05) is 44.6 Å². The first-order valence-electron chi connectivity index (χ1n) is 9.06. The van der Waals surface area contributed by atoms with Crippen LogP contribution in [0.2, 0.25) is 0 Å². The van der Waals surface area contributed by atoms with Gasteiger partial charge >= 0.3 is 0 Å². The van der Waals surface area contributed by atoms with Crippen LogP contribution >= 0.6 is 0 Å². The molecule has 1 aromatic heterocycles. The van der Waals surface area contributed by atoms with Crippen molar-refractivity contribution in [1.29, 1.82) is 0 Å². The van der Waals surface area contributed by atoms with Crippen molar-refractivity contribution in [2.45, 2.75) is 13.0 Å². The van der Waals surface area contributed by atoms with Crippen molar-refractivity contribution >= 4 is 5.95 Å². The summed E-state index contributed by atoms with van der Waals surface area (Å²) in [6, 6.07) is 17.8. The number of aromatic nitrogens is 2. The van der Waals surface area contributed by atoms with E-state index in [1.54, 1.807) is 18.3 Å². The van der Waals surface area contributed by atoms with Gasteiger partial charge in [-0.1, -0.05) is 42.5 Å². The van der Waals surface area contributed by atoms with E-state index in [2.05, 4.69) is 52.0 Å². The van der Waals surface area contributed by atoms with E-state index in [0.717, 1.165) is 32.1 Å². The molecule has 0 radical (unpaired) electrons. The monoisotopic (exact) mass is 350 g/mol. The Morgan fingerprint density at radius 3 is 2.35 bits per heavy atom. The lowest BCUT2D eigenvalue weighted by atomic mass is 10.1. The summed E-state index contributed by atoms with van der Waals surface area (Å²) in [5, 5.41) is 0. The molecule has 3 aromatic rings. The van der Waals surface area contributed by atoms with E-state index in [1.165, 1.54) is 11.6 Å². The van der Waals surface area contributed by atoms with Crippen LogP contribution in [-0.4, -0.2) is 40.6 Å². The number of anilines is 1. The number of hydrogen-bond donors (Lipinski definition) is 0. The van der Waals surface area contributed by atoms with Crippen LogP contribution in [0.15, 0.2) is 67.0 Å². The van der Waals surface area contributed by atoms with E-state index in [9.17, 15) is 4.39 Å². The average molecular weight is 350 g/mol. The molecule has 1 saturated heterocycles. The fourth-order valence-corrected chi connectivity index (χ4v) is 3.62. The SMILES string of the molecule is CC(c1ccccc1)N1CCN(c2nccn2-c2ccccc2F)CC1. The second-order valence-electron chi connectivity index (χ2n) is 6.66. The van der Waals surface area contributed by atoms with Crippen molar-refractivity contribution in [1.82, 2.24) is 14.5 Å². The molecule has 0 N–H and O–H groups in total. The van der Waals surface area contributed by atoms with E-state index < -0.39 is 0 Å². The van der Waals surface area contributed by atoms with Crippen LogP contribution < -0.4 is 4.90 Å². The smallest absolute Gasteiger partial charge is 0.210 e. The number of para-hydroxylation sites is 1. The van der Waals surface area contributed by atoms with Gasteiger partial charge in [0.25, 0.3) is 0 Å². The minimum absolute atomic E-state index is 0.233. The van der Waals surface area contributed by atoms with Crippen LogP contribution in [-0.2, 0) is 0 Å². The maximum absolute atomic E-state index is 14.2. The Morgan fingerprint density at radius 1 is 0.923 bits per heavy atom. The summed E-state index contributed by atoms with van der Waals surface area (Å²) < 4.78 is 16.0. The molecule has 0 saturated carbocycles. The predicted molar refractivity (Wildman–Crippen MR) is 102 cm³/mol. The van der Waals surface area contributed by atoms with Crippen LogP contribution in [0, 0.1) is 5.82 Å². The first kappa shape index (κ1) is 16.8. The Morgan fingerprint density at radius 2 is 1.62 bits per heavy atom. The van der Waals surface area contributed by atoms with Gasteiger partial charge in [0.2, 0.25) is 5.95 Å².